The summed E-state index contributed by atoms with van der Waals surface area (Å²) in [5.41, 5.74) is 3.86. The summed E-state index contributed by atoms with van der Waals surface area (Å²) < 4.78 is 1.28. The van der Waals surface area contributed by atoms with Crippen LogP contribution in [-0.2, 0) is 12.8 Å². The number of alkyl halides is 1. The maximum Gasteiger partial charge on any atom is 0.0949 e. The molecule has 3 rings (SSSR count). The van der Waals surface area contributed by atoms with E-state index in [1.807, 2.05) is 11.3 Å². The maximum absolute atomic E-state index is 4.71. The van der Waals surface area contributed by atoms with Crippen molar-refractivity contribution in [1.29, 1.82) is 0 Å². The molecule has 0 radical (unpaired) electrons. The van der Waals surface area contributed by atoms with Crippen LogP contribution < -0.4 is 0 Å². The molecule has 21 heavy (non-hydrogen) atoms. The van der Waals surface area contributed by atoms with E-state index < -0.39 is 0 Å². The minimum absolute atomic E-state index is 0.486. The summed E-state index contributed by atoms with van der Waals surface area (Å²) >= 11 is 5.62. The number of thiazole rings is 1. The third-order valence-electron chi connectivity index (χ3n) is 3.60. The zero-order chi connectivity index (χ0) is 14.7. The lowest BCUT2D eigenvalue weighted by Crippen LogP contribution is -2.04. The molecule has 0 N–H and O–H groups in total. The molecule has 1 aromatic heterocycles. The van der Waals surface area contributed by atoms with Crippen molar-refractivity contribution in [3.05, 3.63) is 64.7 Å². The van der Waals surface area contributed by atoms with E-state index in [1.54, 1.807) is 0 Å². The van der Waals surface area contributed by atoms with Gasteiger partial charge in [0.15, 0.2) is 0 Å². The Kier molecular flexibility index (Phi) is 4.71. The topological polar surface area (TPSA) is 12.9 Å². The van der Waals surface area contributed by atoms with E-state index in [0.717, 1.165) is 24.8 Å². The van der Waals surface area contributed by atoms with Crippen LogP contribution in [0, 0.1) is 6.92 Å². The fraction of sp³-hybridized carbons (Fsp3) is 0.278. The Balaban J connectivity index is 1.58. The molecule has 0 aliphatic carbocycles. The van der Waals surface area contributed by atoms with Gasteiger partial charge in [0.1, 0.15) is 0 Å². The SMILES string of the molecule is Cc1ccc(CCC(Br)Cc2nc3ccccc3s2)cc1. The van der Waals surface area contributed by atoms with Crippen LogP contribution in [0.2, 0.25) is 0 Å². The van der Waals surface area contributed by atoms with Gasteiger partial charge in [-0.25, -0.2) is 4.98 Å². The molecule has 3 heteroatoms. The van der Waals surface area contributed by atoms with Crippen molar-refractivity contribution in [2.75, 3.05) is 0 Å². The number of aromatic nitrogens is 1. The number of benzene rings is 2. The molecular weight excluding hydrogens is 342 g/mol. The molecule has 1 atom stereocenters. The Morgan fingerprint density at radius 3 is 2.62 bits per heavy atom. The van der Waals surface area contributed by atoms with E-state index >= 15 is 0 Å². The molecule has 0 saturated carbocycles. The molecule has 0 amide bonds. The van der Waals surface area contributed by atoms with Gasteiger partial charge in [-0.05, 0) is 37.5 Å². The molecule has 108 valence electrons. The van der Waals surface area contributed by atoms with Crippen molar-refractivity contribution in [1.82, 2.24) is 4.98 Å². The standard InChI is InChI=1S/C18H18BrNS/c1-13-6-8-14(9-7-13)10-11-15(19)12-18-20-16-4-2-3-5-17(16)21-18/h2-9,15H,10-12H2,1H3. The first kappa shape index (κ1) is 14.7. The first-order valence-corrected chi connectivity index (χ1v) is 8.98. The summed E-state index contributed by atoms with van der Waals surface area (Å²) in [4.78, 5) is 5.19. The van der Waals surface area contributed by atoms with Crippen molar-refractivity contribution >= 4 is 37.5 Å². The maximum atomic E-state index is 4.71. The average molecular weight is 360 g/mol. The fourth-order valence-electron chi connectivity index (χ4n) is 2.38. The predicted molar refractivity (Wildman–Crippen MR) is 95.5 cm³/mol. The van der Waals surface area contributed by atoms with Crippen LogP contribution >= 0.6 is 27.3 Å². The van der Waals surface area contributed by atoms with Gasteiger partial charge < -0.3 is 0 Å². The summed E-state index contributed by atoms with van der Waals surface area (Å²) in [6.07, 6.45) is 3.26. The lowest BCUT2D eigenvalue weighted by molar-refractivity contribution is 0.761. The van der Waals surface area contributed by atoms with Gasteiger partial charge in [-0.3, -0.25) is 0 Å². The quantitative estimate of drug-likeness (QED) is 0.544. The molecule has 1 heterocycles. The smallest absolute Gasteiger partial charge is 0.0949 e. The van der Waals surface area contributed by atoms with E-state index in [-0.39, 0.29) is 0 Å². The minimum atomic E-state index is 0.486. The highest BCUT2D eigenvalue weighted by Crippen LogP contribution is 2.25. The average Bonchev–Trinajstić information content (AvgIpc) is 2.88. The second-order valence-electron chi connectivity index (χ2n) is 5.40. The van der Waals surface area contributed by atoms with Crippen LogP contribution in [0.15, 0.2) is 48.5 Å². The van der Waals surface area contributed by atoms with Crippen LogP contribution in [-0.4, -0.2) is 9.81 Å². The highest BCUT2D eigenvalue weighted by atomic mass is 79.9. The minimum Gasteiger partial charge on any atom is -0.241 e. The number of rotatable bonds is 5. The van der Waals surface area contributed by atoms with Crippen molar-refractivity contribution in [3.8, 4) is 0 Å². The Morgan fingerprint density at radius 1 is 1.10 bits per heavy atom. The zero-order valence-electron chi connectivity index (χ0n) is 12.1. The van der Waals surface area contributed by atoms with E-state index in [1.165, 1.54) is 20.8 Å². The summed E-state index contributed by atoms with van der Waals surface area (Å²) in [5, 5.41) is 1.22. The molecule has 0 bridgehead atoms. The zero-order valence-corrected chi connectivity index (χ0v) is 14.5. The highest BCUT2D eigenvalue weighted by Gasteiger charge is 2.10. The van der Waals surface area contributed by atoms with E-state index in [2.05, 4.69) is 71.4 Å². The van der Waals surface area contributed by atoms with Gasteiger partial charge in [-0.15, -0.1) is 11.3 Å². The predicted octanol–water partition coefficient (Wildman–Crippen LogP) is 5.54. The summed E-state index contributed by atoms with van der Waals surface area (Å²) in [5.74, 6) is 0. The van der Waals surface area contributed by atoms with E-state index in [4.69, 9.17) is 4.98 Å². The van der Waals surface area contributed by atoms with Crippen molar-refractivity contribution < 1.29 is 0 Å². The van der Waals surface area contributed by atoms with Crippen LogP contribution in [0.25, 0.3) is 10.2 Å². The Labute approximate surface area is 138 Å². The van der Waals surface area contributed by atoms with Gasteiger partial charge in [0.2, 0.25) is 0 Å². The lowest BCUT2D eigenvalue weighted by Gasteiger charge is -2.08. The van der Waals surface area contributed by atoms with Crippen molar-refractivity contribution in [3.63, 3.8) is 0 Å². The molecule has 2 aromatic carbocycles. The van der Waals surface area contributed by atoms with Gasteiger partial charge in [-0.1, -0.05) is 57.9 Å². The van der Waals surface area contributed by atoms with Gasteiger partial charge in [0, 0.05) is 11.2 Å². The molecule has 0 spiro atoms. The van der Waals surface area contributed by atoms with Crippen LogP contribution in [0.5, 0.6) is 0 Å². The van der Waals surface area contributed by atoms with Crippen molar-refractivity contribution in [2.45, 2.75) is 31.0 Å². The van der Waals surface area contributed by atoms with E-state index in [9.17, 15) is 0 Å². The summed E-state index contributed by atoms with van der Waals surface area (Å²) in [7, 11) is 0. The summed E-state index contributed by atoms with van der Waals surface area (Å²) in [6.45, 7) is 2.13. The van der Waals surface area contributed by atoms with Crippen molar-refractivity contribution in [2.24, 2.45) is 0 Å². The molecular formula is C18H18BrNS. The Morgan fingerprint density at radius 2 is 1.86 bits per heavy atom. The molecule has 0 fully saturated rings. The van der Waals surface area contributed by atoms with Crippen LogP contribution in [0.1, 0.15) is 22.6 Å². The highest BCUT2D eigenvalue weighted by molar-refractivity contribution is 9.09. The molecule has 0 aliphatic heterocycles. The fourth-order valence-corrected chi connectivity index (χ4v) is 4.17. The lowest BCUT2D eigenvalue weighted by atomic mass is 10.1. The Bertz CT molecular complexity index is 684. The summed E-state index contributed by atoms with van der Waals surface area (Å²) in [6, 6.07) is 17.2. The molecule has 1 nitrogen and oxygen atoms in total. The second kappa shape index (κ2) is 6.71. The Hall–Kier alpha value is -1.19. The normalized spacial score (nSPS) is 12.7. The molecule has 1 unspecified atom stereocenters. The number of para-hydroxylation sites is 1. The number of fused-ring (bicyclic) bond motifs is 1. The molecule has 3 aromatic rings. The number of aryl methyl sites for hydroxylation is 2. The van der Waals surface area contributed by atoms with Gasteiger partial charge in [0.05, 0.1) is 15.2 Å². The van der Waals surface area contributed by atoms with Gasteiger partial charge >= 0.3 is 0 Å². The number of nitrogens with zero attached hydrogens (tertiary/aromatic N) is 1. The van der Waals surface area contributed by atoms with E-state index in [0.29, 0.717) is 4.83 Å². The van der Waals surface area contributed by atoms with Gasteiger partial charge in [0.25, 0.3) is 0 Å². The number of hydrogen-bond acceptors (Lipinski definition) is 2. The number of halogens is 1. The third-order valence-corrected chi connectivity index (χ3v) is 5.44. The largest absolute Gasteiger partial charge is 0.241 e. The first-order chi connectivity index (χ1) is 10.2. The van der Waals surface area contributed by atoms with Crippen LogP contribution in [0.3, 0.4) is 0 Å². The molecule has 0 saturated heterocycles. The van der Waals surface area contributed by atoms with Gasteiger partial charge in [-0.2, -0.15) is 0 Å². The second-order valence-corrected chi connectivity index (χ2v) is 7.81. The molecule has 0 aliphatic rings. The third kappa shape index (κ3) is 3.92. The monoisotopic (exact) mass is 359 g/mol. The first-order valence-electron chi connectivity index (χ1n) is 7.25. The number of hydrogen-bond donors (Lipinski definition) is 0. The van der Waals surface area contributed by atoms with Crippen LogP contribution in [0.4, 0.5) is 0 Å².